The van der Waals surface area contributed by atoms with Crippen LogP contribution in [0.25, 0.3) is 0 Å². The molecule has 0 fully saturated rings. The van der Waals surface area contributed by atoms with Gasteiger partial charge in [0.05, 0.1) is 24.3 Å². The second-order valence-corrected chi connectivity index (χ2v) is 5.44. The van der Waals surface area contributed by atoms with Crippen molar-refractivity contribution in [1.29, 1.82) is 21.0 Å². The van der Waals surface area contributed by atoms with E-state index in [1.54, 1.807) is 27.7 Å². The molecule has 0 rings (SSSR count). The first-order valence-corrected chi connectivity index (χ1v) is 6.30. The molecule has 0 N–H and O–H groups in total. The van der Waals surface area contributed by atoms with Gasteiger partial charge in [0.2, 0.25) is 0 Å². The van der Waals surface area contributed by atoms with Crippen molar-refractivity contribution in [1.82, 2.24) is 0 Å². The Kier molecular flexibility index (Phi) is 6.34. The van der Waals surface area contributed by atoms with E-state index in [0.29, 0.717) is 0 Å². The Morgan fingerprint density at radius 2 is 1.10 bits per heavy atom. The highest BCUT2D eigenvalue weighted by Crippen LogP contribution is 2.26. The molecule has 0 aliphatic rings. The standard InChI is InChI=1S/C14H18N6/c1-11(7-15)5-13(3,9-17)19-20-14(4,10-18)6-12(2)8-16/h11-12H,5-6H2,1-4H3. The first kappa shape index (κ1) is 17.6. The van der Waals surface area contributed by atoms with Crippen molar-refractivity contribution >= 4 is 0 Å². The van der Waals surface area contributed by atoms with Crippen molar-refractivity contribution in [3.63, 3.8) is 0 Å². The average Bonchev–Trinajstić information content (AvgIpc) is 2.45. The quantitative estimate of drug-likeness (QED) is 0.688. The van der Waals surface area contributed by atoms with Gasteiger partial charge in [-0.3, -0.25) is 0 Å². The lowest BCUT2D eigenvalue weighted by atomic mass is 9.92. The van der Waals surface area contributed by atoms with E-state index in [1.807, 2.05) is 24.3 Å². The van der Waals surface area contributed by atoms with Crippen LogP contribution in [0.15, 0.2) is 10.2 Å². The van der Waals surface area contributed by atoms with Gasteiger partial charge in [0.25, 0.3) is 0 Å². The van der Waals surface area contributed by atoms with Crippen LogP contribution < -0.4 is 0 Å². The monoisotopic (exact) mass is 270 g/mol. The van der Waals surface area contributed by atoms with Gasteiger partial charge in [-0.15, -0.1) is 0 Å². The predicted molar refractivity (Wildman–Crippen MR) is 71.7 cm³/mol. The summed E-state index contributed by atoms with van der Waals surface area (Å²) in [5, 5.41) is 43.9. The summed E-state index contributed by atoms with van der Waals surface area (Å²) in [6, 6.07) is 8.14. The Hall–Kier alpha value is -2.44. The van der Waals surface area contributed by atoms with Crippen molar-refractivity contribution in [2.45, 2.75) is 51.6 Å². The summed E-state index contributed by atoms with van der Waals surface area (Å²) in [6.45, 7) is 6.56. The second kappa shape index (κ2) is 7.22. The Balaban J connectivity index is 5.14. The Bertz CT molecular complexity index is 478. The molecule has 0 heterocycles. The van der Waals surface area contributed by atoms with Crippen molar-refractivity contribution < 1.29 is 0 Å². The topological polar surface area (TPSA) is 120 Å². The molecular formula is C14H18N6. The van der Waals surface area contributed by atoms with Gasteiger partial charge in [-0.05, 0) is 27.7 Å². The van der Waals surface area contributed by atoms with E-state index in [0.717, 1.165) is 0 Å². The molecule has 4 atom stereocenters. The minimum atomic E-state index is -1.14. The molecule has 104 valence electrons. The van der Waals surface area contributed by atoms with Crippen LogP contribution in [-0.4, -0.2) is 11.1 Å². The Morgan fingerprint density at radius 1 is 0.800 bits per heavy atom. The van der Waals surface area contributed by atoms with Crippen LogP contribution in [0.3, 0.4) is 0 Å². The number of hydrogen-bond donors (Lipinski definition) is 0. The fraction of sp³-hybridized carbons (Fsp3) is 0.714. The van der Waals surface area contributed by atoms with Crippen molar-refractivity contribution in [2.24, 2.45) is 22.1 Å². The maximum atomic E-state index is 9.18. The van der Waals surface area contributed by atoms with Crippen LogP contribution in [0.2, 0.25) is 0 Å². The lowest BCUT2D eigenvalue weighted by Gasteiger charge is -2.20. The summed E-state index contributed by atoms with van der Waals surface area (Å²) < 4.78 is 0. The summed E-state index contributed by atoms with van der Waals surface area (Å²) in [7, 11) is 0. The molecule has 0 aliphatic carbocycles. The summed E-state index contributed by atoms with van der Waals surface area (Å²) >= 11 is 0. The fourth-order valence-electron chi connectivity index (χ4n) is 1.72. The van der Waals surface area contributed by atoms with Crippen LogP contribution >= 0.6 is 0 Å². The van der Waals surface area contributed by atoms with E-state index in [2.05, 4.69) is 10.2 Å². The number of nitrogens with zero attached hydrogens (tertiary/aromatic N) is 6. The molecule has 0 aromatic carbocycles. The highest BCUT2D eigenvalue weighted by atomic mass is 15.2. The minimum Gasteiger partial charge on any atom is -0.198 e. The largest absolute Gasteiger partial charge is 0.198 e. The molecule has 0 aliphatic heterocycles. The predicted octanol–water partition coefficient (Wildman–Crippen LogP) is 3.10. The highest BCUT2D eigenvalue weighted by Gasteiger charge is 2.31. The normalized spacial score (nSPS) is 19.4. The minimum absolute atomic E-state index is 0.249. The lowest BCUT2D eigenvalue weighted by molar-refractivity contribution is 0.408. The van der Waals surface area contributed by atoms with E-state index in [4.69, 9.17) is 10.5 Å². The number of hydrogen-bond acceptors (Lipinski definition) is 6. The Labute approximate surface area is 120 Å². The third-order valence-corrected chi connectivity index (χ3v) is 2.82. The molecule has 20 heavy (non-hydrogen) atoms. The van der Waals surface area contributed by atoms with E-state index in [9.17, 15) is 10.5 Å². The summed E-state index contributed by atoms with van der Waals surface area (Å²) in [6.07, 6.45) is 0.498. The summed E-state index contributed by atoms with van der Waals surface area (Å²) in [5.74, 6) is -0.657. The van der Waals surface area contributed by atoms with Crippen LogP contribution in [0, 0.1) is 57.2 Å². The molecule has 0 aromatic heterocycles. The Morgan fingerprint density at radius 3 is 1.30 bits per heavy atom. The first-order valence-electron chi connectivity index (χ1n) is 6.30. The van der Waals surface area contributed by atoms with Gasteiger partial charge in [-0.25, -0.2) is 0 Å². The lowest BCUT2D eigenvalue weighted by Crippen LogP contribution is -2.26. The van der Waals surface area contributed by atoms with Crippen LogP contribution in [0.5, 0.6) is 0 Å². The number of rotatable bonds is 6. The van der Waals surface area contributed by atoms with Gasteiger partial charge >= 0.3 is 0 Å². The molecule has 0 bridgehead atoms. The van der Waals surface area contributed by atoms with E-state index >= 15 is 0 Å². The molecule has 6 heteroatoms. The van der Waals surface area contributed by atoms with Gasteiger partial charge in [0.15, 0.2) is 11.1 Å². The third-order valence-electron chi connectivity index (χ3n) is 2.82. The van der Waals surface area contributed by atoms with Crippen molar-refractivity contribution in [3.05, 3.63) is 0 Å². The molecule has 0 radical (unpaired) electrons. The zero-order chi connectivity index (χ0) is 15.8. The van der Waals surface area contributed by atoms with Crippen LogP contribution in [0.4, 0.5) is 0 Å². The maximum Gasteiger partial charge on any atom is 0.166 e. The van der Waals surface area contributed by atoms with Gasteiger partial charge < -0.3 is 0 Å². The fourth-order valence-corrected chi connectivity index (χ4v) is 1.72. The summed E-state index contributed by atoms with van der Waals surface area (Å²) in [5.41, 5.74) is -2.27. The molecule has 0 aromatic rings. The molecule has 6 nitrogen and oxygen atoms in total. The van der Waals surface area contributed by atoms with E-state index in [1.165, 1.54) is 0 Å². The smallest absolute Gasteiger partial charge is 0.166 e. The SMILES string of the molecule is CC(C#N)CC(C)(C#N)N=NC(C)(C#N)CC(C)C#N. The van der Waals surface area contributed by atoms with E-state index in [-0.39, 0.29) is 24.7 Å². The zero-order valence-electron chi connectivity index (χ0n) is 12.3. The number of nitriles is 4. The van der Waals surface area contributed by atoms with Gasteiger partial charge in [-0.1, -0.05) is 0 Å². The molecular weight excluding hydrogens is 252 g/mol. The van der Waals surface area contributed by atoms with E-state index < -0.39 is 11.1 Å². The van der Waals surface area contributed by atoms with Gasteiger partial charge in [0, 0.05) is 24.7 Å². The highest BCUT2D eigenvalue weighted by molar-refractivity contribution is 5.10. The molecule has 4 unspecified atom stereocenters. The first-order chi connectivity index (χ1) is 9.24. The molecule has 0 spiro atoms. The average molecular weight is 270 g/mol. The van der Waals surface area contributed by atoms with Crippen molar-refractivity contribution in [2.75, 3.05) is 0 Å². The van der Waals surface area contributed by atoms with Gasteiger partial charge in [0.1, 0.15) is 0 Å². The second-order valence-electron chi connectivity index (χ2n) is 5.44. The van der Waals surface area contributed by atoms with Gasteiger partial charge in [-0.2, -0.15) is 31.3 Å². The molecule has 0 saturated heterocycles. The molecule has 0 saturated carbocycles. The zero-order valence-corrected chi connectivity index (χ0v) is 12.3. The third kappa shape index (κ3) is 5.47. The summed E-state index contributed by atoms with van der Waals surface area (Å²) in [4.78, 5) is 0. The maximum absolute atomic E-state index is 9.18. The van der Waals surface area contributed by atoms with Crippen molar-refractivity contribution in [3.8, 4) is 24.3 Å². The van der Waals surface area contributed by atoms with Crippen LogP contribution in [-0.2, 0) is 0 Å². The molecule has 0 amide bonds. The van der Waals surface area contributed by atoms with Crippen LogP contribution in [0.1, 0.15) is 40.5 Å². The number of azo groups is 1.